The number of amidine groups is 1. The van der Waals surface area contributed by atoms with Crippen LogP contribution in [-0.4, -0.2) is 59.6 Å². The highest BCUT2D eigenvalue weighted by molar-refractivity contribution is 5.79. The van der Waals surface area contributed by atoms with Crippen LogP contribution in [0.25, 0.3) is 0 Å². The highest BCUT2D eigenvalue weighted by Crippen LogP contribution is 2.03. The molecule has 0 amide bonds. The van der Waals surface area contributed by atoms with Crippen LogP contribution in [0.2, 0.25) is 0 Å². The van der Waals surface area contributed by atoms with Crippen molar-refractivity contribution in [3.63, 3.8) is 0 Å². The normalized spacial score (nSPS) is 12.7. The fourth-order valence-corrected chi connectivity index (χ4v) is 1.36. The highest BCUT2D eigenvalue weighted by atomic mass is 16.7. The van der Waals surface area contributed by atoms with Crippen LogP contribution in [0, 0.1) is 0 Å². The molecule has 0 heterocycles. The van der Waals surface area contributed by atoms with E-state index < -0.39 is 18.2 Å². The van der Waals surface area contributed by atoms with Crippen LogP contribution in [0.3, 0.4) is 0 Å². The quantitative estimate of drug-likeness (QED) is 0.111. The molecule has 0 saturated carbocycles. The van der Waals surface area contributed by atoms with Crippen LogP contribution in [0.5, 0.6) is 0 Å². The molecular formula is C11H21N3O6. The zero-order valence-electron chi connectivity index (χ0n) is 11.6. The van der Waals surface area contributed by atoms with Gasteiger partial charge < -0.3 is 30.4 Å². The summed E-state index contributed by atoms with van der Waals surface area (Å²) in [4.78, 5) is 22.9. The predicted octanol–water partition coefficient (Wildman–Crippen LogP) is 0.419. The number of oxime groups is 1. The number of carboxylic acid groups (broad SMARTS) is 1. The van der Waals surface area contributed by atoms with E-state index in [0.29, 0.717) is 25.8 Å². The summed E-state index contributed by atoms with van der Waals surface area (Å²) < 4.78 is 9.07. The van der Waals surface area contributed by atoms with E-state index in [0.717, 1.165) is 0 Å². The third kappa shape index (κ3) is 7.41. The van der Waals surface area contributed by atoms with Gasteiger partial charge in [-0.25, -0.2) is 4.79 Å². The average Bonchev–Trinajstić information content (AvgIpc) is 2.44. The first kappa shape index (κ1) is 18.0. The number of nitrogens with two attached hydrogens (primary N) is 1. The first-order valence-corrected chi connectivity index (χ1v) is 6.05. The largest absolute Gasteiger partial charge is 0.509 e. The molecule has 9 nitrogen and oxygen atoms in total. The Morgan fingerprint density at radius 2 is 2.05 bits per heavy atom. The summed E-state index contributed by atoms with van der Waals surface area (Å²) >= 11 is 0. The summed E-state index contributed by atoms with van der Waals surface area (Å²) in [7, 11) is 1.19. The average molecular weight is 291 g/mol. The Morgan fingerprint density at radius 3 is 2.55 bits per heavy atom. The molecule has 0 radical (unpaired) electrons. The molecular weight excluding hydrogens is 270 g/mol. The molecule has 0 bridgehead atoms. The number of carboxylic acids is 1. The van der Waals surface area contributed by atoms with E-state index in [-0.39, 0.29) is 12.6 Å². The molecule has 1 unspecified atom stereocenters. The molecule has 9 heteroatoms. The van der Waals surface area contributed by atoms with Gasteiger partial charge in [-0.15, -0.1) is 0 Å². The third-order valence-corrected chi connectivity index (χ3v) is 2.62. The molecule has 0 aromatic rings. The van der Waals surface area contributed by atoms with Crippen molar-refractivity contribution in [1.82, 2.24) is 4.90 Å². The van der Waals surface area contributed by atoms with Crippen molar-refractivity contribution in [3.05, 3.63) is 0 Å². The SMILES string of the molecule is COC(=O)OCN(CCCCC(N)C(=O)O)C(C)=NO. The van der Waals surface area contributed by atoms with Crippen molar-refractivity contribution in [3.8, 4) is 0 Å². The summed E-state index contributed by atoms with van der Waals surface area (Å²) in [6.45, 7) is 1.86. The van der Waals surface area contributed by atoms with Crippen LogP contribution in [-0.2, 0) is 14.3 Å². The van der Waals surface area contributed by atoms with E-state index in [1.54, 1.807) is 6.92 Å². The van der Waals surface area contributed by atoms with Gasteiger partial charge in [0.05, 0.1) is 7.11 Å². The van der Waals surface area contributed by atoms with Crippen molar-refractivity contribution < 1.29 is 29.4 Å². The Labute approximate surface area is 116 Å². The Bertz CT molecular complexity index is 347. The van der Waals surface area contributed by atoms with Gasteiger partial charge >= 0.3 is 12.1 Å². The van der Waals surface area contributed by atoms with Gasteiger partial charge in [0.15, 0.2) is 6.73 Å². The number of nitrogens with zero attached hydrogens (tertiary/aromatic N) is 2. The summed E-state index contributed by atoms with van der Waals surface area (Å²) in [5, 5.41) is 20.4. The number of rotatable bonds is 8. The number of ether oxygens (including phenoxy) is 2. The Balaban J connectivity index is 4.11. The van der Waals surface area contributed by atoms with Crippen molar-refractivity contribution >= 4 is 18.0 Å². The van der Waals surface area contributed by atoms with E-state index in [2.05, 4.69) is 9.89 Å². The van der Waals surface area contributed by atoms with Gasteiger partial charge in [0.2, 0.25) is 0 Å². The molecule has 0 aromatic heterocycles. The second kappa shape index (κ2) is 9.84. The molecule has 0 aliphatic carbocycles. The maximum Gasteiger partial charge on any atom is 0.509 e. The molecule has 0 saturated heterocycles. The third-order valence-electron chi connectivity index (χ3n) is 2.62. The lowest BCUT2D eigenvalue weighted by Gasteiger charge is -2.22. The zero-order chi connectivity index (χ0) is 15.5. The van der Waals surface area contributed by atoms with E-state index in [4.69, 9.17) is 20.8 Å². The number of unbranched alkanes of at least 4 members (excludes halogenated alkanes) is 1. The lowest BCUT2D eigenvalue weighted by Crippen LogP contribution is -2.34. The minimum Gasteiger partial charge on any atom is -0.480 e. The van der Waals surface area contributed by atoms with E-state index in [9.17, 15) is 9.59 Å². The number of hydrogen-bond acceptors (Lipinski definition) is 7. The van der Waals surface area contributed by atoms with Crippen molar-refractivity contribution in [2.45, 2.75) is 32.2 Å². The minimum absolute atomic E-state index is 0.118. The second-order valence-electron chi connectivity index (χ2n) is 4.08. The smallest absolute Gasteiger partial charge is 0.480 e. The predicted molar refractivity (Wildman–Crippen MR) is 69.4 cm³/mol. The molecule has 0 rings (SSSR count). The molecule has 0 aliphatic heterocycles. The number of methoxy groups -OCH3 is 1. The van der Waals surface area contributed by atoms with E-state index in [1.165, 1.54) is 12.0 Å². The first-order chi connectivity index (χ1) is 9.42. The lowest BCUT2D eigenvalue weighted by molar-refractivity contribution is -0.138. The fraction of sp³-hybridized carbons (Fsp3) is 0.727. The number of hydrogen-bond donors (Lipinski definition) is 3. The molecule has 0 spiro atoms. The number of carbonyl (C=O) groups excluding carboxylic acids is 1. The molecule has 4 N–H and O–H groups in total. The van der Waals surface area contributed by atoms with Crippen molar-refractivity contribution in [2.24, 2.45) is 10.9 Å². The molecule has 1 atom stereocenters. The van der Waals surface area contributed by atoms with Crippen LogP contribution in [0.15, 0.2) is 5.16 Å². The van der Waals surface area contributed by atoms with Crippen LogP contribution >= 0.6 is 0 Å². The first-order valence-electron chi connectivity index (χ1n) is 6.05. The molecule has 0 fully saturated rings. The highest BCUT2D eigenvalue weighted by Gasteiger charge is 2.13. The topological polar surface area (TPSA) is 135 Å². The van der Waals surface area contributed by atoms with Crippen LogP contribution in [0.4, 0.5) is 4.79 Å². The minimum atomic E-state index is -1.04. The Hall–Kier alpha value is -2.03. The van der Waals surface area contributed by atoms with E-state index >= 15 is 0 Å². The zero-order valence-corrected chi connectivity index (χ0v) is 11.6. The number of carbonyl (C=O) groups is 2. The maximum absolute atomic E-state index is 10.9. The van der Waals surface area contributed by atoms with Gasteiger partial charge in [-0.1, -0.05) is 5.16 Å². The van der Waals surface area contributed by atoms with Crippen molar-refractivity contribution in [1.29, 1.82) is 0 Å². The Morgan fingerprint density at radius 1 is 1.40 bits per heavy atom. The van der Waals surface area contributed by atoms with Gasteiger partial charge in [0.25, 0.3) is 0 Å². The van der Waals surface area contributed by atoms with E-state index in [1.807, 2.05) is 0 Å². The second-order valence-corrected chi connectivity index (χ2v) is 4.08. The summed E-state index contributed by atoms with van der Waals surface area (Å²) in [5.41, 5.74) is 5.37. The lowest BCUT2D eigenvalue weighted by atomic mass is 10.1. The van der Waals surface area contributed by atoms with Gasteiger partial charge in [0, 0.05) is 6.54 Å². The monoisotopic (exact) mass is 291 g/mol. The molecule has 116 valence electrons. The standard InChI is InChI=1S/C11H21N3O6/c1-8(13-18)14(7-20-11(17)19-2)6-4-3-5-9(12)10(15)16/h9,18H,3-7,12H2,1-2H3,(H,15,16). The maximum atomic E-state index is 10.9. The van der Waals surface area contributed by atoms with Crippen molar-refractivity contribution in [2.75, 3.05) is 20.4 Å². The summed E-state index contributed by atoms with van der Waals surface area (Å²) in [6, 6.07) is -0.887. The van der Waals surface area contributed by atoms with Gasteiger partial charge in [0.1, 0.15) is 11.9 Å². The van der Waals surface area contributed by atoms with Crippen LogP contribution < -0.4 is 5.73 Å². The fourth-order valence-electron chi connectivity index (χ4n) is 1.36. The number of aliphatic carboxylic acids is 1. The summed E-state index contributed by atoms with van der Waals surface area (Å²) in [6.07, 6.45) is 0.698. The molecule has 0 aromatic carbocycles. The Kier molecular flexibility index (Phi) is 8.84. The van der Waals surface area contributed by atoms with Gasteiger partial charge in [-0.3, -0.25) is 4.79 Å². The van der Waals surface area contributed by atoms with Gasteiger partial charge in [-0.05, 0) is 26.2 Å². The molecule has 20 heavy (non-hydrogen) atoms. The van der Waals surface area contributed by atoms with Crippen LogP contribution in [0.1, 0.15) is 26.2 Å². The summed E-state index contributed by atoms with van der Waals surface area (Å²) in [5.74, 6) is -0.764. The molecule has 0 aliphatic rings. The van der Waals surface area contributed by atoms with Gasteiger partial charge in [-0.2, -0.15) is 0 Å².